The Kier molecular flexibility index (Phi) is 1.42. The van der Waals surface area contributed by atoms with Crippen molar-refractivity contribution >= 4 is 0 Å². The van der Waals surface area contributed by atoms with Crippen LogP contribution < -0.4 is 0 Å². The Hall–Kier alpha value is -1.76. The van der Waals surface area contributed by atoms with E-state index < -0.39 is 0 Å². The molecule has 0 amide bonds. The Morgan fingerprint density at radius 1 is 1.50 bits per heavy atom. The van der Waals surface area contributed by atoms with Crippen LogP contribution >= 0.6 is 0 Å². The zero-order valence-electron chi connectivity index (χ0n) is 4.94. The molecule has 1 aromatic heterocycles. The fourth-order valence-corrected chi connectivity index (χ4v) is 0.529. The first-order valence-electron chi connectivity index (χ1n) is 2.52. The van der Waals surface area contributed by atoms with Gasteiger partial charge < -0.3 is 10.2 Å². The van der Waals surface area contributed by atoms with Gasteiger partial charge in [-0.25, -0.2) is 4.98 Å². The fourth-order valence-electron chi connectivity index (χ4n) is 0.529. The van der Waals surface area contributed by atoms with Gasteiger partial charge in [0.1, 0.15) is 11.8 Å². The zero-order valence-corrected chi connectivity index (χ0v) is 4.94. The standard InChI is InChI=1S/C6H4N2O2/c7-2-5-6(10)1-4(9)3-8-5/h1,3,9-10H. The van der Waals surface area contributed by atoms with E-state index in [4.69, 9.17) is 15.5 Å². The van der Waals surface area contributed by atoms with Crippen LogP contribution in [0.15, 0.2) is 12.3 Å². The second-order valence-electron chi connectivity index (χ2n) is 1.67. The van der Waals surface area contributed by atoms with Crippen LogP contribution in [0.3, 0.4) is 0 Å². The quantitative estimate of drug-likeness (QED) is 0.540. The highest BCUT2D eigenvalue weighted by Gasteiger charge is 2.00. The van der Waals surface area contributed by atoms with E-state index >= 15 is 0 Å². The topological polar surface area (TPSA) is 77.1 Å². The molecule has 0 saturated heterocycles. The number of pyridine rings is 1. The summed E-state index contributed by atoms with van der Waals surface area (Å²) in [4.78, 5) is 3.44. The summed E-state index contributed by atoms with van der Waals surface area (Å²) in [6.45, 7) is 0. The van der Waals surface area contributed by atoms with Crippen LogP contribution in [0.2, 0.25) is 0 Å². The van der Waals surface area contributed by atoms with Crippen molar-refractivity contribution in [3.05, 3.63) is 18.0 Å². The molecule has 0 fully saturated rings. The van der Waals surface area contributed by atoms with E-state index in [0.717, 1.165) is 12.3 Å². The summed E-state index contributed by atoms with van der Waals surface area (Å²) in [7, 11) is 0. The monoisotopic (exact) mass is 136 g/mol. The van der Waals surface area contributed by atoms with Crippen molar-refractivity contribution < 1.29 is 10.2 Å². The molecule has 0 aliphatic rings. The number of rotatable bonds is 0. The Balaban J connectivity index is 3.23. The van der Waals surface area contributed by atoms with E-state index in [9.17, 15) is 0 Å². The highest BCUT2D eigenvalue weighted by atomic mass is 16.3. The third kappa shape index (κ3) is 0.977. The summed E-state index contributed by atoms with van der Waals surface area (Å²) >= 11 is 0. The van der Waals surface area contributed by atoms with Crippen molar-refractivity contribution in [1.82, 2.24) is 4.98 Å². The van der Waals surface area contributed by atoms with Crippen molar-refractivity contribution in [2.24, 2.45) is 0 Å². The van der Waals surface area contributed by atoms with Crippen molar-refractivity contribution in [3.8, 4) is 17.6 Å². The minimum absolute atomic E-state index is 0.0854. The lowest BCUT2D eigenvalue weighted by atomic mass is 10.3. The third-order valence-corrected chi connectivity index (χ3v) is 0.959. The van der Waals surface area contributed by atoms with Gasteiger partial charge >= 0.3 is 0 Å². The zero-order chi connectivity index (χ0) is 7.56. The molecule has 2 N–H and O–H groups in total. The Morgan fingerprint density at radius 2 is 2.20 bits per heavy atom. The van der Waals surface area contributed by atoms with Crippen LogP contribution in [-0.2, 0) is 0 Å². The minimum Gasteiger partial charge on any atom is -0.506 e. The van der Waals surface area contributed by atoms with Gasteiger partial charge in [0.05, 0.1) is 6.20 Å². The van der Waals surface area contributed by atoms with Gasteiger partial charge in [-0.05, 0) is 0 Å². The van der Waals surface area contributed by atoms with Crippen molar-refractivity contribution in [3.63, 3.8) is 0 Å². The van der Waals surface area contributed by atoms with Gasteiger partial charge in [0, 0.05) is 6.07 Å². The number of aromatic nitrogens is 1. The number of hydrogen-bond acceptors (Lipinski definition) is 4. The van der Waals surface area contributed by atoms with Crippen LogP contribution in [-0.4, -0.2) is 15.2 Å². The second-order valence-corrected chi connectivity index (χ2v) is 1.67. The Labute approximate surface area is 57.0 Å². The molecular formula is C6H4N2O2. The van der Waals surface area contributed by atoms with Gasteiger partial charge in [-0.2, -0.15) is 5.26 Å². The summed E-state index contributed by atoms with van der Waals surface area (Å²) in [5.74, 6) is -0.459. The molecule has 0 aromatic carbocycles. The molecule has 50 valence electrons. The molecular weight excluding hydrogens is 132 g/mol. The van der Waals surface area contributed by atoms with Gasteiger partial charge in [0.25, 0.3) is 0 Å². The SMILES string of the molecule is N#Cc1ncc(O)cc1O. The summed E-state index contributed by atoms with van der Waals surface area (Å²) in [5, 5.41) is 25.8. The summed E-state index contributed by atoms with van der Waals surface area (Å²) < 4.78 is 0. The highest BCUT2D eigenvalue weighted by Crippen LogP contribution is 2.18. The minimum atomic E-state index is -0.303. The van der Waals surface area contributed by atoms with Gasteiger partial charge in [-0.3, -0.25) is 0 Å². The van der Waals surface area contributed by atoms with E-state index in [-0.39, 0.29) is 17.2 Å². The lowest BCUT2D eigenvalue weighted by Crippen LogP contribution is -1.80. The first-order valence-corrected chi connectivity index (χ1v) is 2.52. The van der Waals surface area contributed by atoms with Crippen molar-refractivity contribution in [2.45, 2.75) is 0 Å². The first kappa shape index (κ1) is 6.36. The normalized spacial score (nSPS) is 8.70. The van der Waals surface area contributed by atoms with E-state index in [1.165, 1.54) is 0 Å². The molecule has 0 saturated carbocycles. The number of nitriles is 1. The van der Waals surface area contributed by atoms with Crippen molar-refractivity contribution in [1.29, 1.82) is 5.26 Å². The predicted molar refractivity (Wildman–Crippen MR) is 32.3 cm³/mol. The Bertz CT molecular complexity index is 290. The van der Waals surface area contributed by atoms with Crippen LogP contribution in [0.1, 0.15) is 5.69 Å². The maximum atomic E-state index is 8.85. The van der Waals surface area contributed by atoms with Gasteiger partial charge in [-0.15, -0.1) is 0 Å². The second kappa shape index (κ2) is 2.23. The molecule has 0 bridgehead atoms. The fraction of sp³-hybridized carbons (Fsp3) is 0. The van der Waals surface area contributed by atoms with Crippen LogP contribution in [0.4, 0.5) is 0 Å². The molecule has 0 atom stereocenters. The van der Waals surface area contributed by atoms with E-state index in [1.54, 1.807) is 6.07 Å². The molecule has 0 radical (unpaired) electrons. The van der Waals surface area contributed by atoms with Crippen LogP contribution in [0, 0.1) is 11.3 Å². The summed E-state index contributed by atoms with van der Waals surface area (Å²) in [6.07, 6.45) is 1.10. The molecule has 4 heteroatoms. The van der Waals surface area contributed by atoms with E-state index in [0.29, 0.717) is 0 Å². The van der Waals surface area contributed by atoms with Crippen LogP contribution in [0.5, 0.6) is 11.5 Å². The molecule has 1 aromatic rings. The average Bonchev–Trinajstić information content (AvgIpc) is 1.88. The van der Waals surface area contributed by atoms with Gasteiger partial charge in [0.15, 0.2) is 11.4 Å². The van der Waals surface area contributed by atoms with E-state index in [1.807, 2.05) is 0 Å². The summed E-state index contributed by atoms with van der Waals surface area (Å²) in [6, 6.07) is 2.71. The molecule has 0 spiro atoms. The largest absolute Gasteiger partial charge is 0.506 e. The molecule has 1 heterocycles. The average molecular weight is 136 g/mol. The maximum Gasteiger partial charge on any atom is 0.182 e. The number of nitrogens with zero attached hydrogens (tertiary/aromatic N) is 2. The predicted octanol–water partition coefficient (Wildman–Crippen LogP) is 0.364. The first-order chi connectivity index (χ1) is 4.74. The molecule has 1 rings (SSSR count). The lowest BCUT2D eigenvalue weighted by Gasteiger charge is -1.93. The van der Waals surface area contributed by atoms with Crippen LogP contribution in [0.25, 0.3) is 0 Å². The smallest absolute Gasteiger partial charge is 0.182 e. The van der Waals surface area contributed by atoms with Gasteiger partial charge in [-0.1, -0.05) is 0 Å². The van der Waals surface area contributed by atoms with Gasteiger partial charge in [0.2, 0.25) is 0 Å². The number of aromatic hydroxyl groups is 2. The number of hydrogen-bond donors (Lipinski definition) is 2. The third-order valence-electron chi connectivity index (χ3n) is 0.959. The molecule has 4 nitrogen and oxygen atoms in total. The summed E-state index contributed by atoms with van der Waals surface area (Å²) in [5.41, 5.74) is -0.0854. The highest BCUT2D eigenvalue weighted by molar-refractivity contribution is 5.39. The Morgan fingerprint density at radius 3 is 2.70 bits per heavy atom. The molecule has 10 heavy (non-hydrogen) atoms. The molecule has 0 aliphatic heterocycles. The molecule has 0 unspecified atom stereocenters. The van der Waals surface area contributed by atoms with Crippen molar-refractivity contribution in [2.75, 3.05) is 0 Å². The maximum absolute atomic E-state index is 8.85. The lowest BCUT2D eigenvalue weighted by molar-refractivity contribution is 0.444. The van der Waals surface area contributed by atoms with E-state index in [2.05, 4.69) is 4.98 Å². The molecule has 0 aliphatic carbocycles.